The number of hydrogen-bond donors (Lipinski definition) is 1. The van der Waals surface area contributed by atoms with Crippen molar-refractivity contribution in [1.82, 2.24) is 10.2 Å². The van der Waals surface area contributed by atoms with E-state index in [1.54, 1.807) is 12.1 Å². The summed E-state index contributed by atoms with van der Waals surface area (Å²) in [5, 5.41) is 3.15. The van der Waals surface area contributed by atoms with Crippen LogP contribution in [0.5, 0.6) is 0 Å². The van der Waals surface area contributed by atoms with Crippen LogP contribution >= 0.6 is 0 Å². The van der Waals surface area contributed by atoms with Gasteiger partial charge in [-0.05, 0) is 80.6 Å². The first-order chi connectivity index (χ1) is 20.1. The van der Waals surface area contributed by atoms with Crippen molar-refractivity contribution in [2.24, 2.45) is 0 Å². The van der Waals surface area contributed by atoms with Gasteiger partial charge in [-0.25, -0.2) is 12.8 Å². The van der Waals surface area contributed by atoms with Crippen LogP contribution in [0, 0.1) is 19.7 Å². The molecule has 2 amide bonds. The Balaban J connectivity index is 1.71. The zero-order chi connectivity index (χ0) is 30.3. The molecule has 4 rings (SSSR count). The van der Waals surface area contributed by atoms with E-state index in [4.69, 9.17) is 0 Å². The molecule has 3 aromatic rings. The first kappa shape index (κ1) is 31.2. The van der Waals surface area contributed by atoms with E-state index in [9.17, 15) is 22.4 Å². The van der Waals surface area contributed by atoms with Crippen LogP contribution in [0.3, 0.4) is 0 Å². The van der Waals surface area contributed by atoms with E-state index in [0.717, 1.165) is 65.2 Å². The van der Waals surface area contributed by atoms with Crippen LogP contribution in [0.1, 0.15) is 62.1 Å². The predicted octanol–water partition coefficient (Wildman–Crippen LogP) is 5.89. The molecular weight excluding hydrogens is 553 g/mol. The van der Waals surface area contributed by atoms with Gasteiger partial charge in [0.05, 0.1) is 10.6 Å². The maximum atomic E-state index is 14.2. The molecule has 1 N–H and O–H groups in total. The summed E-state index contributed by atoms with van der Waals surface area (Å²) in [7, 11) is -4.21. The van der Waals surface area contributed by atoms with Crippen molar-refractivity contribution in [3.8, 4) is 0 Å². The van der Waals surface area contributed by atoms with Crippen molar-refractivity contribution >= 4 is 27.5 Å². The summed E-state index contributed by atoms with van der Waals surface area (Å²) < 4.78 is 42.7. The number of aryl methyl sites for hydroxylation is 2. The predicted molar refractivity (Wildman–Crippen MR) is 163 cm³/mol. The van der Waals surface area contributed by atoms with Gasteiger partial charge in [0.1, 0.15) is 18.4 Å². The average Bonchev–Trinajstić information content (AvgIpc) is 2.98. The second-order valence-corrected chi connectivity index (χ2v) is 12.9. The molecule has 224 valence electrons. The fourth-order valence-electron chi connectivity index (χ4n) is 5.41. The maximum absolute atomic E-state index is 14.2. The Hall–Kier alpha value is -3.72. The summed E-state index contributed by atoms with van der Waals surface area (Å²) in [6.45, 7) is 5.23. The Labute approximate surface area is 248 Å². The van der Waals surface area contributed by atoms with E-state index < -0.39 is 34.3 Å². The van der Waals surface area contributed by atoms with Gasteiger partial charge in [-0.1, -0.05) is 68.1 Å². The molecule has 0 aromatic heterocycles. The van der Waals surface area contributed by atoms with Crippen LogP contribution in [0.4, 0.5) is 10.1 Å². The van der Waals surface area contributed by atoms with Crippen LogP contribution < -0.4 is 9.62 Å². The van der Waals surface area contributed by atoms with Gasteiger partial charge in [0.2, 0.25) is 11.8 Å². The Morgan fingerprint density at radius 1 is 0.929 bits per heavy atom. The van der Waals surface area contributed by atoms with Gasteiger partial charge in [0.25, 0.3) is 10.0 Å². The number of sulfonamides is 1. The lowest BCUT2D eigenvalue weighted by Gasteiger charge is -2.34. The number of anilines is 1. The summed E-state index contributed by atoms with van der Waals surface area (Å²) in [6.07, 6.45) is 5.42. The van der Waals surface area contributed by atoms with Crippen molar-refractivity contribution < 1.29 is 22.4 Å². The quantitative estimate of drug-likeness (QED) is 0.300. The number of benzene rings is 3. The van der Waals surface area contributed by atoms with Crippen molar-refractivity contribution in [3.05, 3.63) is 95.3 Å². The molecule has 1 fully saturated rings. The molecule has 0 aliphatic heterocycles. The molecule has 3 aromatic carbocycles. The molecule has 1 aliphatic rings. The van der Waals surface area contributed by atoms with Crippen LogP contribution in [-0.2, 0) is 26.2 Å². The highest BCUT2D eigenvalue weighted by Crippen LogP contribution is 2.26. The van der Waals surface area contributed by atoms with Crippen molar-refractivity contribution in [2.45, 2.75) is 82.8 Å². The summed E-state index contributed by atoms with van der Waals surface area (Å²) in [4.78, 5) is 29.3. The van der Waals surface area contributed by atoms with E-state index in [-0.39, 0.29) is 29.1 Å². The Bertz CT molecular complexity index is 1470. The average molecular weight is 594 g/mol. The molecule has 9 heteroatoms. The number of hydrogen-bond acceptors (Lipinski definition) is 4. The summed E-state index contributed by atoms with van der Waals surface area (Å²) >= 11 is 0. The minimum absolute atomic E-state index is 0.0118. The van der Waals surface area contributed by atoms with Gasteiger partial charge < -0.3 is 10.2 Å². The van der Waals surface area contributed by atoms with Crippen LogP contribution in [-0.4, -0.2) is 43.8 Å². The second-order valence-electron chi connectivity index (χ2n) is 11.0. The van der Waals surface area contributed by atoms with E-state index in [2.05, 4.69) is 5.32 Å². The number of nitrogens with zero attached hydrogens (tertiary/aromatic N) is 2. The first-order valence-corrected chi connectivity index (χ1v) is 16.0. The molecule has 0 spiro atoms. The summed E-state index contributed by atoms with van der Waals surface area (Å²) in [5.41, 5.74) is 2.86. The molecule has 0 heterocycles. The summed E-state index contributed by atoms with van der Waals surface area (Å²) in [6, 6.07) is 18.2. The maximum Gasteiger partial charge on any atom is 0.264 e. The number of nitrogens with one attached hydrogen (secondary N) is 1. The highest BCUT2D eigenvalue weighted by Gasteiger charge is 2.34. The Kier molecular flexibility index (Phi) is 10.4. The number of halogens is 1. The van der Waals surface area contributed by atoms with Crippen LogP contribution in [0.25, 0.3) is 0 Å². The van der Waals surface area contributed by atoms with Crippen molar-refractivity contribution in [1.29, 1.82) is 0 Å². The molecule has 1 aliphatic carbocycles. The monoisotopic (exact) mass is 593 g/mol. The molecule has 0 unspecified atom stereocenters. The van der Waals surface area contributed by atoms with E-state index in [0.29, 0.717) is 6.42 Å². The molecule has 0 bridgehead atoms. The highest BCUT2D eigenvalue weighted by atomic mass is 32.2. The lowest BCUT2D eigenvalue weighted by Crippen LogP contribution is -2.54. The number of carbonyl (C=O) groups is 2. The van der Waals surface area contributed by atoms with Gasteiger partial charge in [-0.2, -0.15) is 0 Å². The fourth-order valence-corrected chi connectivity index (χ4v) is 6.82. The molecule has 0 radical (unpaired) electrons. The first-order valence-electron chi connectivity index (χ1n) is 14.6. The minimum Gasteiger partial charge on any atom is -0.352 e. The lowest BCUT2D eigenvalue weighted by molar-refractivity contribution is -0.140. The van der Waals surface area contributed by atoms with Crippen molar-refractivity contribution in [2.75, 3.05) is 10.8 Å². The minimum atomic E-state index is -4.21. The highest BCUT2D eigenvalue weighted by molar-refractivity contribution is 7.92. The molecule has 1 saturated carbocycles. The fraction of sp³-hybridized carbons (Fsp3) is 0.394. The Morgan fingerprint density at radius 3 is 2.19 bits per heavy atom. The van der Waals surface area contributed by atoms with E-state index in [1.165, 1.54) is 29.2 Å². The van der Waals surface area contributed by atoms with Crippen molar-refractivity contribution in [3.63, 3.8) is 0 Å². The van der Waals surface area contributed by atoms with Crippen LogP contribution in [0.2, 0.25) is 0 Å². The third-order valence-electron chi connectivity index (χ3n) is 7.94. The molecule has 42 heavy (non-hydrogen) atoms. The van der Waals surface area contributed by atoms with Gasteiger partial charge >= 0.3 is 0 Å². The smallest absolute Gasteiger partial charge is 0.264 e. The van der Waals surface area contributed by atoms with Gasteiger partial charge in [0.15, 0.2) is 0 Å². The second kappa shape index (κ2) is 14.0. The lowest BCUT2D eigenvalue weighted by atomic mass is 9.95. The summed E-state index contributed by atoms with van der Waals surface area (Å²) in [5.74, 6) is -1.28. The number of carbonyl (C=O) groups excluding carboxylic acids is 2. The molecular formula is C33H40FN3O4S. The van der Waals surface area contributed by atoms with E-state index >= 15 is 0 Å². The topological polar surface area (TPSA) is 86.8 Å². The molecule has 1 atom stereocenters. The zero-order valence-electron chi connectivity index (χ0n) is 24.6. The van der Waals surface area contributed by atoms with Gasteiger partial charge in [-0.3, -0.25) is 13.9 Å². The normalized spacial score (nSPS) is 14.7. The zero-order valence-corrected chi connectivity index (χ0v) is 25.4. The molecule has 7 nitrogen and oxygen atoms in total. The number of amides is 2. The Morgan fingerprint density at radius 2 is 1.57 bits per heavy atom. The van der Waals surface area contributed by atoms with Gasteiger partial charge in [-0.15, -0.1) is 0 Å². The van der Waals surface area contributed by atoms with E-state index in [1.807, 2.05) is 45.0 Å². The van der Waals surface area contributed by atoms with Crippen LogP contribution in [0.15, 0.2) is 77.7 Å². The third-order valence-corrected chi connectivity index (χ3v) is 9.73. The SMILES string of the molecule is CC[C@H](C(=O)NC1CCCCC1)N(Cc1ccccc1C)C(=O)CN(c1ccc(F)cc1)S(=O)(=O)c1ccc(C)cc1. The third kappa shape index (κ3) is 7.56. The van der Waals surface area contributed by atoms with Gasteiger partial charge in [0, 0.05) is 12.6 Å². The largest absolute Gasteiger partial charge is 0.352 e. The standard InChI is InChI=1S/C33H40FN3O4S/c1-4-31(33(39)35-28-12-6-5-7-13-28)36(22-26-11-9-8-10-25(26)3)32(38)23-37(29-18-16-27(34)17-19-29)42(40,41)30-20-14-24(2)15-21-30/h8-11,14-21,28,31H,4-7,12-13,22-23H2,1-3H3,(H,35,39)/t31-/m1/s1. The number of rotatable bonds is 11. The molecule has 0 saturated heterocycles.